The molecule has 162 valence electrons. The number of rotatable bonds is 5. The van der Waals surface area contributed by atoms with E-state index in [1.807, 2.05) is 6.07 Å². The molecule has 0 amide bonds. The molecule has 31 heavy (non-hydrogen) atoms. The van der Waals surface area contributed by atoms with Crippen molar-refractivity contribution in [3.8, 4) is 17.5 Å². The zero-order chi connectivity index (χ0) is 22.3. The lowest BCUT2D eigenvalue weighted by Crippen LogP contribution is -2.41. The van der Waals surface area contributed by atoms with Crippen molar-refractivity contribution in [2.45, 2.75) is 50.7 Å². The summed E-state index contributed by atoms with van der Waals surface area (Å²) in [5.41, 5.74) is 2.71. The second-order valence-corrected chi connectivity index (χ2v) is 8.20. The van der Waals surface area contributed by atoms with Crippen LogP contribution in [0.25, 0.3) is 22.3 Å². The Morgan fingerprint density at radius 3 is 2.58 bits per heavy atom. The normalized spacial score (nSPS) is 16.7. The van der Waals surface area contributed by atoms with E-state index >= 15 is 0 Å². The van der Waals surface area contributed by atoms with Gasteiger partial charge in [-0.1, -0.05) is 17.7 Å². The number of aliphatic hydroxyl groups excluding tert-OH is 1. The molecule has 1 aliphatic carbocycles. The molecular formula is C22H20ClF3N4O. The summed E-state index contributed by atoms with van der Waals surface area (Å²) in [7, 11) is 0. The zero-order valence-electron chi connectivity index (χ0n) is 16.6. The van der Waals surface area contributed by atoms with Gasteiger partial charge in [0.2, 0.25) is 0 Å². The lowest BCUT2D eigenvalue weighted by atomic mass is 9.92. The summed E-state index contributed by atoms with van der Waals surface area (Å²) >= 11 is 6.16. The van der Waals surface area contributed by atoms with Gasteiger partial charge in [-0.3, -0.25) is 10.3 Å². The topological polar surface area (TPSA) is 73.9 Å². The molecule has 1 aliphatic rings. The van der Waals surface area contributed by atoms with Crippen LogP contribution >= 0.6 is 11.6 Å². The van der Waals surface area contributed by atoms with Gasteiger partial charge in [-0.05, 0) is 50.5 Å². The van der Waals surface area contributed by atoms with Crippen LogP contribution in [-0.4, -0.2) is 26.9 Å². The van der Waals surface area contributed by atoms with E-state index in [9.17, 15) is 23.5 Å². The molecule has 3 aromatic rings. The average molecular weight is 449 g/mol. The van der Waals surface area contributed by atoms with E-state index in [1.54, 1.807) is 18.2 Å². The second kappa shape index (κ2) is 8.15. The Kier molecular flexibility index (Phi) is 5.69. The molecular weight excluding hydrogens is 429 g/mol. The van der Waals surface area contributed by atoms with E-state index in [1.165, 1.54) is 12.3 Å². The number of pyridine rings is 1. The number of fused-ring (bicyclic) bond motifs is 1. The zero-order valence-corrected chi connectivity index (χ0v) is 17.4. The molecule has 9 heteroatoms. The number of aliphatic hydroxyl groups is 1. The minimum Gasteiger partial charge on any atom is -0.374 e. The number of nitrogens with one attached hydrogen (secondary N) is 1. The maximum absolute atomic E-state index is 12.8. The fourth-order valence-corrected chi connectivity index (χ4v) is 3.98. The van der Waals surface area contributed by atoms with Crippen molar-refractivity contribution in [1.82, 2.24) is 14.9 Å². The molecule has 5 nitrogen and oxygen atoms in total. The van der Waals surface area contributed by atoms with Crippen LogP contribution in [-0.2, 0) is 0 Å². The lowest BCUT2D eigenvalue weighted by Gasteiger charge is -2.30. The molecule has 0 spiro atoms. The van der Waals surface area contributed by atoms with Crippen LogP contribution in [0.1, 0.15) is 49.6 Å². The highest BCUT2D eigenvalue weighted by atomic mass is 35.5. The largest absolute Gasteiger partial charge is 0.403 e. The Hall–Kier alpha value is -2.60. The van der Waals surface area contributed by atoms with Gasteiger partial charge in [0.25, 0.3) is 0 Å². The van der Waals surface area contributed by atoms with Gasteiger partial charge in [0.05, 0.1) is 22.5 Å². The van der Waals surface area contributed by atoms with E-state index in [0.29, 0.717) is 22.0 Å². The first-order valence-electron chi connectivity index (χ1n) is 9.91. The summed E-state index contributed by atoms with van der Waals surface area (Å²) in [6, 6.07) is 9.18. The molecule has 1 saturated carbocycles. The van der Waals surface area contributed by atoms with E-state index in [-0.39, 0.29) is 11.6 Å². The molecule has 2 atom stereocenters. The Bertz CT molecular complexity index is 1150. The number of aromatic nitrogens is 2. The van der Waals surface area contributed by atoms with Gasteiger partial charge in [0, 0.05) is 28.2 Å². The third kappa shape index (κ3) is 4.01. The minimum atomic E-state index is -4.47. The number of hydrogen-bond acceptors (Lipinski definition) is 4. The summed E-state index contributed by atoms with van der Waals surface area (Å²) in [5.74, 6) is 0. The molecule has 2 unspecified atom stereocenters. The number of halogens is 4. The van der Waals surface area contributed by atoms with Crippen LogP contribution in [0, 0.1) is 11.3 Å². The Morgan fingerprint density at radius 2 is 2.03 bits per heavy atom. The molecule has 1 fully saturated rings. The minimum absolute atomic E-state index is 0.202. The second-order valence-electron chi connectivity index (χ2n) is 7.76. The smallest absolute Gasteiger partial charge is 0.374 e. The fourth-order valence-electron chi connectivity index (χ4n) is 3.81. The number of nitriles is 1. The predicted octanol–water partition coefficient (Wildman–Crippen LogP) is 5.48. The summed E-state index contributed by atoms with van der Waals surface area (Å²) in [4.78, 5) is 4.38. The summed E-state index contributed by atoms with van der Waals surface area (Å²) < 4.78 is 40.4. The Labute approximate surface area is 182 Å². The first-order valence-corrected chi connectivity index (χ1v) is 10.3. The molecule has 2 N–H and O–H groups in total. The molecule has 2 aromatic heterocycles. The molecule has 0 radical (unpaired) electrons. The molecule has 0 saturated heterocycles. The number of nitrogens with zero attached hydrogens (tertiary/aromatic N) is 3. The number of benzene rings is 1. The molecule has 0 aliphatic heterocycles. The molecule has 1 aromatic carbocycles. The summed E-state index contributed by atoms with van der Waals surface area (Å²) in [6.45, 7) is 0.937. The van der Waals surface area contributed by atoms with Gasteiger partial charge < -0.3 is 9.67 Å². The van der Waals surface area contributed by atoms with Gasteiger partial charge >= 0.3 is 6.18 Å². The molecule has 0 bridgehead atoms. The van der Waals surface area contributed by atoms with Gasteiger partial charge in [0.1, 0.15) is 18.3 Å². The number of alkyl halides is 3. The highest BCUT2D eigenvalue weighted by molar-refractivity contribution is 6.31. The van der Waals surface area contributed by atoms with Crippen LogP contribution in [0.3, 0.4) is 0 Å². The van der Waals surface area contributed by atoms with Crippen LogP contribution in [0.4, 0.5) is 13.2 Å². The Morgan fingerprint density at radius 1 is 1.29 bits per heavy atom. The molecule has 2 heterocycles. The third-order valence-corrected chi connectivity index (χ3v) is 6.00. The standard InChI is InChI=1S/C22H20ClF3N4O/c1-12(22(24,25)26)29-21(31)13-5-7-18(28-11-13)20-17(10-27)16-9-14(23)6-8-19(16)30(20)15-3-2-4-15/h5-9,11-12,15,21,29,31H,2-4H2,1H3. The third-order valence-electron chi connectivity index (χ3n) is 5.76. The van der Waals surface area contributed by atoms with E-state index in [2.05, 4.69) is 20.9 Å². The van der Waals surface area contributed by atoms with Crippen molar-refractivity contribution < 1.29 is 18.3 Å². The highest BCUT2D eigenvalue weighted by Crippen LogP contribution is 2.42. The van der Waals surface area contributed by atoms with E-state index < -0.39 is 18.4 Å². The van der Waals surface area contributed by atoms with Gasteiger partial charge in [-0.25, -0.2) is 0 Å². The predicted molar refractivity (Wildman–Crippen MR) is 111 cm³/mol. The summed E-state index contributed by atoms with van der Waals surface area (Å²) in [5, 5.41) is 23.4. The van der Waals surface area contributed by atoms with Crippen LogP contribution in [0.2, 0.25) is 5.02 Å². The highest BCUT2D eigenvalue weighted by Gasteiger charge is 2.37. The van der Waals surface area contributed by atoms with E-state index in [4.69, 9.17) is 11.6 Å². The molecule has 4 rings (SSSR count). The van der Waals surface area contributed by atoms with Gasteiger partial charge in [0.15, 0.2) is 0 Å². The van der Waals surface area contributed by atoms with Crippen LogP contribution in [0.5, 0.6) is 0 Å². The first kappa shape index (κ1) is 21.6. The maximum Gasteiger partial charge on any atom is 0.403 e. The SMILES string of the molecule is CC(NC(O)c1ccc(-c2c(C#N)c3cc(Cl)ccc3n2C2CCC2)nc1)C(F)(F)F. The lowest BCUT2D eigenvalue weighted by molar-refractivity contribution is -0.159. The van der Waals surface area contributed by atoms with Crippen molar-refractivity contribution in [3.05, 3.63) is 52.7 Å². The van der Waals surface area contributed by atoms with Gasteiger partial charge in [-0.15, -0.1) is 0 Å². The van der Waals surface area contributed by atoms with Crippen molar-refractivity contribution in [2.24, 2.45) is 0 Å². The van der Waals surface area contributed by atoms with Gasteiger partial charge in [-0.2, -0.15) is 18.4 Å². The average Bonchev–Trinajstić information content (AvgIpc) is 2.99. The fraction of sp³-hybridized carbons (Fsp3) is 0.364. The van der Waals surface area contributed by atoms with Crippen molar-refractivity contribution in [2.75, 3.05) is 0 Å². The van der Waals surface area contributed by atoms with Crippen molar-refractivity contribution in [3.63, 3.8) is 0 Å². The van der Waals surface area contributed by atoms with Crippen molar-refractivity contribution >= 4 is 22.5 Å². The van der Waals surface area contributed by atoms with Crippen molar-refractivity contribution in [1.29, 1.82) is 5.26 Å². The Balaban J connectivity index is 1.74. The number of hydrogen-bond donors (Lipinski definition) is 2. The van der Waals surface area contributed by atoms with E-state index in [0.717, 1.165) is 37.1 Å². The maximum atomic E-state index is 12.8. The monoisotopic (exact) mass is 448 g/mol. The van der Waals surface area contributed by atoms with Crippen LogP contribution < -0.4 is 5.32 Å². The van der Waals surface area contributed by atoms with Crippen LogP contribution in [0.15, 0.2) is 36.5 Å². The first-order chi connectivity index (χ1) is 14.7. The quantitative estimate of drug-likeness (QED) is 0.506. The summed E-state index contributed by atoms with van der Waals surface area (Å²) in [6.07, 6.45) is -1.60.